The van der Waals surface area contributed by atoms with Gasteiger partial charge in [0.15, 0.2) is 5.78 Å². The molecule has 33 heavy (non-hydrogen) atoms. The Bertz CT molecular complexity index is 964. The van der Waals surface area contributed by atoms with Crippen LogP contribution >= 0.6 is 0 Å². The molecule has 9 unspecified atom stereocenters. The second-order valence-electron chi connectivity index (χ2n) is 12.8. The van der Waals surface area contributed by atoms with Crippen LogP contribution in [0.3, 0.4) is 0 Å². The Morgan fingerprint density at radius 3 is 2.27 bits per heavy atom. The van der Waals surface area contributed by atoms with E-state index in [2.05, 4.69) is 61.5 Å². The Morgan fingerprint density at radius 1 is 1.12 bits per heavy atom. The van der Waals surface area contributed by atoms with Gasteiger partial charge in [0.05, 0.1) is 12.2 Å². The SMILES string of the molecule is CCc1cc(CC)c2c(c1C)C(=O)C1C(C)C3(C)C(O)C(C(C)O)C(C)CC3(C)CC1(C)C2. The first-order valence-electron chi connectivity index (χ1n) is 13.3. The summed E-state index contributed by atoms with van der Waals surface area (Å²) >= 11 is 0. The molecule has 0 radical (unpaired) electrons. The van der Waals surface area contributed by atoms with Gasteiger partial charge in [-0.15, -0.1) is 0 Å². The number of carbonyl (C=O) groups is 1. The number of Topliss-reactive ketones (excluding diaryl/α,β-unsaturated/α-hetero) is 1. The van der Waals surface area contributed by atoms with Crippen molar-refractivity contribution in [2.24, 2.45) is 39.9 Å². The number of carbonyl (C=O) groups excluding carboxylic acids is 1. The number of hydrogen-bond donors (Lipinski definition) is 2. The average molecular weight is 455 g/mol. The Morgan fingerprint density at radius 2 is 1.73 bits per heavy atom. The van der Waals surface area contributed by atoms with Gasteiger partial charge in [-0.1, -0.05) is 54.5 Å². The summed E-state index contributed by atoms with van der Waals surface area (Å²) in [5, 5.41) is 22.4. The first-order chi connectivity index (χ1) is 15.3. The highest BCUT2D eigenvalue weighted by molar-refractivity contribution is 6.03. The predicted octanol–water partition coefficient (Wildman–Crippen LogP) is 5.93. The fourth-order valence-corrected chi connectivity index (χ4v) is 9.35. The molecule has 0 aromatic heterocycles. The Hall–Kier alpha value is -1.19. The molecule has 0 bridgehead atoms. The highest BCUT2D eigenvalue weighted by atomic mass is 16.3. The zero-order valence-corrected chi connectivity index (χ0v) is 22.4. The first-order valence-corrected chi connectivity index (χ1v) is 13.3. The van der Waals surface area contributed by atoms with Crippen molar-refractivity contribution in [2.45, 2.75) is 107 Å². The molecular formula is C30H46O3. The normalized spacial score (nSPS) is 43.5. The van der Waals surface area contributed by atoms with Crippen molar-refractivity contribution in [2.75, 3.05) is 0 Å². The Labute approximate surface area is 201 Å². The van der Waals surface area contributed by atoms with Gasteiger partial charge in [-0.3, -0.25) is 4.79 Å². The number of fused-ring (bicyclic) bond motifs is 3. The molecule has 0 spiro atoms. The molecule has 2 fully saturated rings. The average Bonchev–Trinajstić information content (AvgIpc) is 2.70. The van der Waals surface area contributed by atoms with Gasteiger partial charge in [0.2, 0.25) is 0 Å². The summed E-state index contributed by atoms with van der Waals surface area (Å²) < 4.78 is 0. The zero-order chi connectivity index (χ0) is 24.7. The van der Waals surface area contributed by atoms with Crippen LogP contribution in [0.15, 0.2) is 6.07 Å². The summed E-state index contributed by atoms with van der Waals surface area (Å²) in [5.41, 5.74) is 5.48. The highest BCUT2D eigenvalue weighted by Gasteiger charge is 2.68. The van der Waals surface area contributed by atoms with Crippen molar-refractivity contribution < 1.29 is 15.0 Å². The minimum atomic E-state index is -0.616. The Balaban J connectivity index is 1.90. The summed E-state index contributed by atoms with van der Waals surface area (Å²) in [7, 11) is 0. The van der Waals surface area contributed by atoms with Crippen LogP contribution < -0.4 is 0 Å². The maximum absolute atomic E-state index is 14.4. The van der Waals surface area contributed by atoms with Gasteiger partial charge < -0.3 is 10.2 Å². The van der Waals surface area contributed by atoms with Crippen LogP contribution in [-0.4, -0.2) is 28.2 Å². The summed E-state index contributed by atoms with van der Waals surface area (Å²) in [6, 6.07) is 2.35. The van der Waals surface area contributed by atoms with Gasteiger partial charge in [0.25, 0.3) is 0 Å². The van der Waals surface area contributed by atoms with Gasteiger partial charge in [0, 0.05) is 22.8 Å². The van der Waals surface area contributed by atoms with E-state index in [1.54, 1.807) is 0 Å². The molecule has 0 aliphatic heterocycles. The number of aliphatic hydroxyl groups is 2. The van der Waals surface area contributed by atoms with Gasteiger partial charge >= 0.3 is 0 Å². The van der Waals surface area contributed by atoms with Gasteiger partial charge in [-0.2, -0.15) is 0 Å². The van der Waals surface area contributed by atoms with Crippen LogP contribution in [0, 0.1) is 46.8 Å². The molecule has 9 atom stereocenters. The van der Waals surface area contributed by atoms with Gasteiger partial charge in [0.1, 0.15) is 0 Å². The fraction of sp³-hybridized carbons (Fsp3) is 0.767. The molecule has 2 saturated carbocycles. The third kappa shape index (κ3) is 3.17. The van der Waals surface area contributed by atoms with E-state index in [0.29, 0.717) is 5.78 Å². The number of aryl methyl sites for hydroxylation is 2. The second-order valence-corrected chi connectivity index (χ2v) is 12.8. The van der Waals surface area contributed by atoms with Crippen molar-refractivity contribution in [3.05, 3.63) is 33.9 Å². The minimum Gasteiger partial charge on any atom is -0.393 e. The van der Waals surface area contributed by atoms with Crippen LogP contribution in [0.25, 0.3) is 0 Å². The molecule has 3 heteroatoms. The monoisotopic (exact) mass is 454 g/mol. The van der Waals surface area contributed by atoms with E-state index in [1.165, 1.54) is 22.3 Å². The summed E-state index contributed by atoms with van der Waals surface area (Å²) in [6.07, 6.45) is 3.61. The van der Waals surface area contributed by atoms with E-state index in [0.717, 1.165) is 37.7 Å². The summed E-state index contributed by atoms with van der Waals surface area (Å²) in [4.78, 5) is 14.4. The maximum atomic E-state index is 14.4. The van der Waals surface area contributed by atoms with Crippen molar-refractivity contribution in [1.82, 2.24) is 0 Å². The first kappa shape index (κ1) is 24.9. The number of aliphatic hydroxyl groups excluding tert-OH is 2. The van der Waals surface area contributed by atoms with E-state index in [4.69, 9.17) is 0 Å². The lowest BCUT2D eigenvalue weighted by Gasteiger charge is -2.69. The number of rotatable bonds is 3. The molecule has 1 aromatic carbocycles. The molecule has 2 N–H and O–H groups in total. The van der Waals surface area contributed by atoms with Gasteiger partial charge in [-0.05, 0) is 90.9 Å². The second kappa shape index (κ2) is 7.92. The van der Waals surface area contributed by atoms with Crippen molar-refractivity contribution in [3.8, 4) is 0 Å². The minimum absolute atomic E-state index is 0.0420. The molecule has 3 aliphatic rings. The summed E-state index contributed by atoms with van der Waals surface area (Å²) in [6.45, 7) is 19.7. The number of benzene rings is 1. The van der Waals surface area contributed by atoms with Crippen LogP contribution in [0.5, 0.6) is 0 Å². The molecule has 184 valence electrons. The molecule has 3 nitrogen and oxygen atoms in total. The topological polar surface area (TPSA) is 57.5 Å². The van der Waals surface area contributed by atoms with E-state index >= 15 is 0 Å². The highest BCUT2D eigenvalue weighted by Crippen LogP contribution is 2.70. The van der Waals surface area contributed by atoms with E-state index < -0.39 is 17.6 Å². The molecule has 1 aromatic rings. The lowest BCUT2D eigenvalue weighted by molar-refractivity contribution is -0.237. The fourth-order valence-electron chi connectivity index (χ4n) is 9.35. The Kier molecular flexibility index (Phi) is 5.98. The van der Waals surface area contributed by atoms with E-state index in [-0.39, 0.29) is 34.5 Å². The molecular weight excluding hydrogens is 408 g/mol. The lowest BCUT2D eigenvalue weighted by Crippen LogP contribution is -2.68. The third-order valence-corrected chi connectivity index (χ3v) is 11.0. The van der Waals surface area contributed by atoms with Crippen LogP contribution in [0.2, 0.25) is 0 Å². The quantitative estimate of drug-likeness (QED) is 0.595. The van der Waals surface area contributed by atoms with Crippen molar-refractivity contribution >= 4 is 5.78 Å². The van der Waals surface area contributed by atoms with Crippen LogP contribution in [0.4, 0.5) is 0 Å². The standard InChI is InChI=1S/C30H46O3/c1-10-20-12-21(11-2)22-14-28(7)15-29(8)13-16(3)23(19(6)31)27(33)30(29,9)18(5)25(28)26(32)24(22)17(20)4/h12,16,18-19,23,25,27,31,33H,10-11,13-15H2,1-9H3. The number of hydrogen-bond acceptors (Lipinski definition) is 3. The molecule has 0 heterocycles. The molecule has 3 aliphatic carbocycles. The molecule has 0 saturated heterocycles. The summed E-state index contributed by atoms with van der Waals surface area (Å²) in [5.74, 6) is 0.340. The molecule has 0 amide bonds. The van der Waals surface area contributed by atoms with Crippen molar-refractivity contribution in [1.29, 1.82) is 0 Å². The predicted molar refractivity (Wildman–Crippen MR) is 135 cm³/mol. The van der Waals surface area contributed by atoms with Crippen LogP contribution in [0.1, 0.15) is 101 Å². The van der Waals surface area contributed by atoms with E-state index in [9.17, 15) is 15.0 Å². The van der Waals surface area contributed by atoms with Crippen LogP contribution in [-0.2, 0) is 19.3 Å². The van der Waals surface area contributed by atoms with Crippen molar-refractivity contribution in [3.63, 3.8) is 0 Å². The molecule has 4 rings (SSSR count). The lowest BCUT2D eigenvalue weighted by atomic mass is 9.36. The van der Waals surface area contributed by atoms with Gasteiger partial charge in [-0.25, -0.2) is 0 Å². The largest absolute Gasteiger partial charge is 0.393 e. The third-order valence-electron chi connectivity index (χ3n) is 11.0. The smallest absolute Gasteiger partial charge is 0.167 e. The van der Waals surface area contributed by atoms with E-state index in [1.807, 2.05) is 6.92 Å². The zero-order valence-electron chi connectivity index (χ0n) is 22.4. The number of ketones is 1. The maximum Gasteiger partial charge on any atom is 0.167 e.